The second-order valence-corrected chi connectivity index (χ2v) is 6.29. The molecule has 0 spiro atoms. The largest absolute Gasteiger partial charge is 0.490 e. The SMILES string of the molecule is CCCOc1ccc([C@@H](C)NC(=O)c2ccc(C#N)cc2)cc1OCCC. The van der Waals surface area contributed by atoms with Crippen molar-refractivity contribution in [2.24, 2.45) is 0 Å². The van der Waals surface area contributed by atoms with E-state index in [1.54, 1.807) is 24.3 Å². The van der Waals surface area contributed by atoms with E-state index >= 15 is 0 Å². The van der Waals surface area contributed by atoms with Gasteiger partial charge in [0.2, 0.25) is 0 Å². The highest BCUT2D eigenvalue weighted by atomic mass is 16.5. The van der Waals surface area contributed by atoms with Crippen molar-refractivity contribution in [1.82, 2.24) is 5.32 Å². The number of nitrogens with one attached hydrogen (secondary N) is 1. The molecule has 0 saturated heterocycles. The van der Waals surface area contributed by atoms with Crippen molar-refractivity contribution in [2.45, 2.75) is 39.7 Å². The number of nitrogens with zero attached hydrogens (tertiary/aromatic N) is 1. The number of ether oxygens (including phenoxy) is 2. The van der Waals surface area contributed by atoms with E-state index in [1.165, 1.54) is 0 Å². The Morgan fingerprint density at radius 3 is 2.26 bits per heavy atom. The van der Waals surface area contributed by atoms with Crippen molar-refractivity contribution >= 4 is 5.91 Å². The van der Waals surface area contributed by atoms with Gasteiger partial charge in [0.25, 0.3) is 5.91 Å². The highest BCUT2D eigenvalue weighted by Crippen LogP contribution is 2.31. The van der Waals surface area contributed by atoms with Crippen LogP contribution in [0.4, 0.5) is 0 Å². The maximum Gasteiger partial charge on any atom is 0.251 e. The Hall–Kier alpha value is -3.00. The standard InChI is InChI=1S/C22H26N2O3/c1-4-12-26-20-11-10-19(14-21(20)27-13-5-2)16(3)24-22(25)18-8-6-17(15-23)7-9-18/h6-11,14,16H,4-5,12-13H2,1-3H3,(H,24,25)/t16-/m1/s1. The molecule has 142 valence electrons. The molecule has 5 heteroatoms. The summed E-state index contributed by atoms with van der Waals surface area (Å²) in [7, 11) is 0. The van der Waals surface area contributed by atoms with E-state index in [2.05, 4.69) is 19.2 Å². The Morgan fingerprint density at radius 2 is 1.67 bits per heavy atom. The van der Waals surface area contributed by atoms with Crippen LogP contribution in [-0.2, 0) is 0 Å². The molecule has 5 nitrogen and oxygen atoms in total. The summed E-state index contributed by atoms with van der Waals surface area (Å²) < 4.78 is 11.6. The van der Waals surface area contributed by atoms with E-state index in [1.807, 2.05) is 31.2 Å². The smallest absolute Gasteiger partial charge is 0.251 e. The van der Waals surface area contributed by atoms with Crippen molar-refractivity contribution in [3.05, 3.63) is 59.2 Å². The molecule has 0 unspecified atom stereocenters. The normalized spacial score (nSPS) is 11.3. The average Bonchev–Trinajstić information content (AvgIpc) is 2.70. The fraction of sp³-hybridized carbons (Fsp3) is 0.364. The third-order valence-electron chi connectivity index (χ3n) is 4.01. The molecule has 0 fully saturated rings. The molecule has 2 aromatic carbocycles. The zero-order valence-electron chi connectivity index (χ0n) is 16.1. The fourth-order valence-corrected chi connectivity index (χ4v) is 2.51. The molecule has 0 bridgehead atoms. The molecule has 2 aromatic rings. The average molecular weight is 366 g/mol. The highest BCUT2D eigenvalue weighted by molar-refractivity contribution is 5.94. The lowest BCUT2D eigenvalue weighted by Gasteiger charge is -2.18. The van der Waals surface area contributed by atoms with Crippen molar-refractivity contribution in [3.8, 4) is 17.6 Å². The molecular formula is C22H26N2O3. The van der Waals surface area contributed by atoms with Gasteiger partial charge in [0, 0.05) is 5.56 Å². The van der Waals surface area contributed by atoms with Gasteiger partial charge in [-0.3, -0.25) is 4.79 Å². The molecular weight excluding hydrogens is 340 g/mol. The Balaban J connectivity index is 2.12. The molecule has 0 radical (unpaired) electrons. The fourth-order valence-electron chi connectivity index (χ4n) is 2.51. The van der Waals surface area contributed by atoms with Gasteiger partial charge in [0.1, 0.15) is 0 Å². The number of rotatable bonds is 9. The van der Waals surface area contributed by atoms with E-state index in [4.69, 9.17) is 14.7 Å². The first kappa shape index (κ1) is 20.3. The van der Waals surface area contributed by atoms with Gasteiger partial charge in [0.15, 0.2) is 11.5 Å². The predicted molar refractivity (Wildman–Crippen MR) is 105 cm³/mol. The van der Waals surface area contributed by atoms with E-state index in [0.29, 0.717) is 30.1 Å². The van der Waals surface area contributed by atoms with Crippen LogP contribution in [0.1, 0.15) is 61.1 Å². The number of nitriles is 1. The second kappa shape index (κ2) is 10.2. The number of benzene rings is 2. The van der Waals surface area contributed by atoms with Crippen LogP contribution in [-0.4, -0.2) is 19.1 Å². The van der Waals surface area contributed by atoms with Gasteiger partial charge in [-0.25, -0.2) is 0 Å². The number of carbonyl (C=O) groups excluding carboxylic acids is 1. The van der Waals surface area contributed by atoms with Crippen molar-refractivity contribution in [1.29, 1.82) is 5.26 Å². The zero-order valence-corrected chi connectivity index (χ0v) is 16.1. The molecule has 1 atom stereocenters. The molecule has 0 aliphatic carbocycles. The lowest BCUT2D eigenvalue weighted by Crippen LogP contribution is -2.26. The van der Waals surface area contributed by atoms with Gasteiger partial charge in [-0.2, -0.15) is 5.26 Å². The molecule has 0 aliphatic heterocycles. The second-order valence-electron chi connectivity index (χ2n) is 6.29. The lowest BCUT2D eigenvalue weighted by molar-refractivity contribution is 0.0940. The summed E-state index contributed by atoms with van der Waals surface area (Å²) in [6.07, 6.45) is 1.83. The van der Waals surface area contributed by atoms with Crippen LogP contribution < -0.4 is 14.8 Å². The summed E-state index contributed by atoms with van der Waals surface area (Å²) >= 11 is 0. The number of amides is 1. The summed E-state index contributed by atoms with van der Waals surface area (Å²) in [5.41, 5.74) is 1.98. The third kappa shape index (κ3) is 5.75. The first-order chi connectivity index (χ1) is 13.1. The maximum atomic E-state index is 12.4. The first-order valence-electron chi connectivity index (χ1n) is 9.29. The van der Waals surface area contributed by atoms with Gasteiger partial charge in [0.05, 0.1) is 30.9 Å². The minimum absolute atomic E-state index is 0.186. The third-order valence-corrected chi connectivity index (χ3v) is 4.01. The Kier molecular flexibility index (Phi) is 7.69. The van der Waals surface area contributed by atoms with Gasteiger partial charge in [-0.05, 0) is 61.7 Å². The van der Waals surface area contributed by atoms with Crippen LogP contribution >= 0.6 is 0 Å². The van der Waals surface area contributed by atoms with Crippen molar-refractivity contribution in [3.63, 3.8) is 0 Å². The first-order valence-corrected chi connectivity index (χ1v) is 9.29. The predicted octanol–water partition coefficient (Wildman–Crippen LogP) is 4.63. The van der Waals surface area contributed by atoms with Crippen molar-refractivity contribution < 1.29 is 14.3 Å². The quantitative estimate of drug-likeness (QED) is 0.702. The molecule has 0 heterocycles. The highest BCUT2D eigenvalue weighted by Gasteiger charge is 2.14. The van der Waals surface area contributed by atoms with E-state index < -0.39 is 0 Å². The monoisotopic (exact) mass is 366 g/mol. The molecule has 1 N–H and O–H groups in total. The zero-order chi connectivity index (χ0) is 19.6. The number of hydrogen-bond acceptors (Lipinski definition) is 4. The lowest BCUT2D eigenvalue weighted by atomic mass is 10.1. The van der Waals surface area contributed by atoms with E-state index in [9.17, 15) is 4.79 Å². The van der Waals surface area contributed by atoms with Crippen LogP contribution in [0.25, 0.3) is 0 Å². The Morgan fingerprint density at radius 1 is 1.04 bits per heavy atom. The molecule has 27 heavy (non-hydrogen) atoms. The van der Waals surface area contributed by atoms with Crippen LogP contribution in [0.15, 0.2) is 42.5 Å². The molecule has 0 aromatic heterocycles. The summed E-state index contributed by atoms with van der Waals surface area (Å²) in [4.78, 5) is 12.4. The van der Waals surface area contributed by atoms with E-state index in [-0.39, 0.29) is 11.9 Å². The molecule has 0 saturated carbocycles. The van der Waals surface area contributed by atoms with Crippen LogP contribution in [0.2, 0.25) is 0 Å². The van der Waals surface area contributed by atoms with Gasteiger partial charge in [-0.15, -0.1) is 0 Å². The Bertz CT molecular complexity index is 794. The van der Waals surface area contributed by atoms with Crippen LogP contribution in [0.5, 0.6) is 11.5 Å². The summed E-state index contributed by atoms with van der Waals surface area (Å²) in [5.74, 6) is 1.23. The topological polar surface area (TPSA) is 71.3 Å². The van der Waals surface area contributed by atoms with Crippen molar-refractivity contribution in [2.75, 3.05) is 13.2 Å². The minimum atomic E-state index is -0.197. The van der Waals surface area contributed by atoms with E-state index in [0.717, 1.165) is 24.2 Å². The Labute approximate surface area is 160 Å². The molecule has 2 rings (SSSR count). The minimum Gasteiger partial charge on any atom is -0.490 e. The number of carbonyl (C=O) groups is 1. The molecule has 1 amide bonds. The van der Waals surface area contributed by atoms with Crippen LogP contribution in [0.3, 0.4) is 0 Å². The van der Waals surface area contributed by atoms with Crippen LogP contribution in [0, 0.1) is 11.3 Å². The summed E-state index contributed by atoms with van der Waals surface area (Å²) in [6.45, 7) is 7.27. The van der Waals surface area contributed by atoms with Gasteiger partial charge >= 0.3 is 0 Å². The maximum absolute atomic E-state index is 12.4. The van der Waals surface area contributed by atoms with Gasteiger partial charge in [-0.1, -0.05) is 19.9 Å². The van der Waals surface area contributed by atoms with Gasteiger partial charge < -0.3 is 14.8 Å². The number of hydrogen-bond donors (Lipinski definition) is 1. The summed E-state index contributed by atoms with van der Waals surface area (Å²) in [6, 6.07) is 14.2. The molecule has 0 aliphatic rings. The summed E-state index contributed by atoms with van der Waals surface area (Å²) in [5, 5.41) is 11.8.